The molecule has 0 spiro atoms. The maximum Gasteiger partial charge on any atom is 0.168 e. The molecule has 1 N–H and O–H groups in total. The van der Waals surface area contributed by atoms with E-state index in [1.165, 1.54) is 5.39 Å². The van der Waals surface area contributed by atoms with Crippen molar-refractivity contribution in [3.05, 3.63) is 35.2 Å². The first-order valence-corrected chi connectivity index (χ1v) is 6.45. The minimum atomic E-state index is 0.174. The fourth-order valence-corrected chi connectivity index (χ4v) is 3.20. The summed E-state index contributed by atoms with van der Waals surface area (Å²) in [7, 11) is 0. The van der Waals surface area contributed by atoms with Gasteiger partial charge in [0.25, 0.3) is 0 Å². The van der Waals surface area contributed by atoms with Crippen LogP contribution in [0, 0.1) is 5.92 Å². The minimum absolute atomic E-state index is 0.174. The van der Waals surface area contributed by atoms with Crippen LogP contribution >= 0.6 is 11.3 Å². The number of nitrogens with one attached hydrogen (secondary N) is 1. The molecule has 1 fully saturated rings. The van der Waals surface area contributed by atoms with Gasteiger partial charge in [0.2, 0.25) is 0 Å². The van der Waals surface area contributed by atoms with Gasteiger partial charge in [-0.05, 0) is 35.9 Å². The van der Waals surface area contributed by atoms with Gasteiger partial charge in [-0.2, -0.15) is 0 Å². The van der Waals surface area contributed by atoms with Crippen LogP contribution in [0.1, 0.15) is 16.8 Å². The first-order chi connectivity index (χ1) is 7.86. The molecule has 16 heavy (non-hydrogen) atoms. The number of rotatable bonds is 2. The van der Waals surface area contributed by atoms with Crippen LogP contribution in [0.3, 0.4) is 0 Å². The number of fused-ring (bicyclic) bond motifs is 1. The van der Waals surface area contributed by atoms with E-state index in [0.29, 0.717) is 5.78 Å². The van der Waals surface area contributed by atoms with Gasteiger partial charge >= 0.3 is 0 Å². The zero-order valence-electron chi connectivity index (χ0n) is 8.90. The van der Waals surface area contributed by atoms with Crippen LogP contribution in [-0.4, -0.2) is 18.9 Å². The van der Waals surface area contributed by atoms with E-state index in [9.17, 15) is 4.79 Å². The average Bonchev–Trinajstić information content (AvgIpc) is 2.98. The van der Waals surface area contributed by atoms with Crippen molar-refractivity contribution in [2.75, 3.05) is 13.1 Å². The molecule has 3 rings (SSSR count). The predicted molar refractivity (Wildman–Crippen MR) is 67.1 cm³/mol. The van der Waals surface area contributed by atoms with E-state index >= 15 is 0 Å². The number of hydrogen-bond donors (Lipinski definition) is 1. The monoisotopic (exact) mass is 231 g/mol. The second-order valence-corrected chi connectivity index (χ2v) is 5.11. The highest BCUT2D eigenvalue weighted by Gasteiger charge is 2.24. The van der Waals surface area contributed by atoms with E-state index in [4.69, 9.17) is 0 Å². The Morgan fingerprint density at radius 1 is 1.38 bits per heavy atom. The smallest absolute Gasteiger partial charge is 0.168 e. The van der Waals surface area contributed by atoms with E-state index in [2.05, 4.69) is 17.4 Å². The summed E-state index contributed by atoms with van der Waals surface area (Å²) in [5.74, 6) is 0.478. The van der Waals surface area contributed by atoms with E-state index in [0.717, 1.165) is 29.8 Å². The van der Waals surface area contributed by atoms with Crippen molar-refractivity contribution in [2.24, 2.45) is 5.92 Å². The highest BCUT2D eigenvalue weighted by Crippen LogP contribution is 2.27. The van der Waals surface area contributed by atoms with Crippen LogP contribution < -0.4 is 5.32 Å². The average molecular weight is 231 g/mol. The summed E-state index contributed by atoms with van der Waals surface area (Å²) < 4.78 is 1.14. The zero-order valence-corrected chi connectivity index (χ0v) is 9.72. The topological polar surface area (TPSA) is 29.1 Å². The molecule has 1 aliphatic rings. The van der Waals surface area contributed by atoms with Gasteiger partial charge < -0.3 is 5.32 Å². The normalized spacial score (nSPS) is 20.4. The summed E-state index contributed by atoms with van der Waals surface area (Å²) in [6, 6.07) is 8.07. The molecule has 0 amide bonds. The number of ketones is 1. The lowest BCUT2D eigenvalue weighted by molar-refractivity contribution is 0.0932. The largest absolute Gasteiger partial charge is 0.316 e. The third-order valence-corrected chi connectivity index (χ3v) is 4.14. The minimum Gasteiger partial charge on any atom is -0.316 e. The van der Waals surface area contributed by atoms with Crippen LogP contribution in [-0.2, 0) is 0 Å². The molecular formula is C13H13NOS. The number of carbonyl (C=O) groups excluding carboxylic acids is 1. The summed E-state index contributed by atoms with van der Waals surface area (Å²) in [5.41, 5.74) is 0.904. The van der Waals surface area contributed by atoms with Crippen molar-refractivity contribution >= 4 is 27.2 Å². The molecule has 1 aromatic carbocycles. The predicted octanol–water partition coefficient (Wildman–Crippen LogP) is 2.69. The van der Waals surface area contributed by atoms with Crippen LogP contribution in [0.15, 0.2) is 29.6 Å². The van der Waals surface area contributed by atoms with Crippen LogP contribution in [0.2, 0.25) is 0 Å². The summed E-state index contributed by atoms with van der Waals surface area (Å²) in [4.78, 5) is 12.3. The molecule has 2 nitrogen and oxygen atoms in total. The molecule has 0 saturated carbocycles. The molecule has 0 aliphatic carbocycles. The van der Waals surface area contributed by atoms with Crippen molar-refractivity contribution in [2.45, 2.75) is 6.42 Å². The summed E-state index contributed by atoms with van der Waals surface area (Å²) in [6.45, 7) is 1.80. The van der Waals surface area contributed by atoms with Crippen LogP contribution in [0.4, 0.5) is 0 Å². The lowest BCUT2D eigenvalue weighted by Crippen LogP contribution is -2.17. The number of hydrogen-bond acceptors (Lipinski definition) is 3. The molecule has 2 aromatic rings. The van der Waals surface area contributed by atoms with E-state index in [1.54, 1.807) is 11.3 Å². The van der Waals surface area contributed by atoms with Crippen molar-refractivity contribution in [3.8, 4) is 0 Å². The second-order valence-electron chi connectivity index (χ2n) is 4.20. The molecule has 1 saturated heterocycles. The molecule has 1 unspecified atom stereocenters. The first kappa shape index (κ1) is 10.00. The number of Topliss-reactive ketones (excluding diaryl/α,β-unsaturated/α-hetero) is 1. The Morgan fingerprint density at radius 3 is 3.12 bits per heavy atom. The molecule has 1 aliphatic heterocycles. The van der Waals surface area contributed by atoms with Crippen molar-refractivity contribution in [1.82, 2.24) is 5.32 Å². The Hall–Kier alpha value is -1.19. The van der Waals surface area contributed by atoms with E-state index in [-0.39, 0.29) is 5.92 Å². The molecular weight excluding hydrogens is 218 g/mol. The van der Waals surface area contributed by atoms with Crippen LogP contribution in [0.5, 0.6) is 0 Å². The standard InChI is InChI=1S/C13H13NOS/c15-12(10-4-6-14-8-10)11-3-1-2-9-5-7-16-13(9)11/h1-3,5,7,10,14H,4,6,8H2. The summed E-state index contributed by atoms with van der Waals surface area (Å²) in [6.07, 6.45) is 0.973. The third-order valence-electron chi connectivity index (χ3n) is 3.18. The molecule has 0 radical (unpaired) electrons. The Labute approximate surface area is 98.3 Å². The third kappa shape index (κ3) is 1.56. The fourth-order valence-electron chi connectivity index (χ4n) is 2.29. The number of thiophene rings is 1. The van der Waals surface area contributed by atoms with Gasteiger partial charge in [-0.15, -0.1) is 11.3 Å². The molecule has 1 atom stereocenters. The van der Waals surface area contributed by atoms with Gasteiger partial charge in [-0.25, -0.2) is 0 Å². The van der Waals surface area contributed by atoms with Gasteiger partial charge in [0.1, 0.15) is 0 Å². The quantitative estimate of drug-likeness (QED) is 0.805. The highest BCUT2D eigenvalue weighted by atomic mass is 32.1. The Bertz CT molecular complexity index is 525. The van der Waals surface area contributed by atoms with Gasteiger partial charge in [0.05, 0.1) is 0 Å². The van der Waals surface area contributed by atoms with Gasteiger partial charge in [-0.1, -0.05) is 12.1 Å². The first-order valence-electron chi connectivity index (χ1n) is 5.57. The second kappa shape index (κ2) is 4.00. The van der Waals surface area contributed by atoms with Crippen molar-refractivity contribution in [1.29, 1.82) is 0 Å². The SMILES string of the molecule is O=C(c1cccc2ccsc12)C1CCNC1. The summed E-state index contributed by atoms with van der Waals surface area (Å²) in [5, 5.41) is 6.48. The highest BCUT2D eigenvalue weighted by molar-refractivity contribution is 7.17. The van der Waals surface area contributed by atoms with E-state index in [1.807, 2.05) is 17.5 Å². The molecule has 0 bridgehead atoms. The fraction of sp³-hybridized carbons (Fsp3) is 0.308. The lowest BCUT2D eigenvalue weighted by atomic mass is 9.96. The zero-order chi connectivity index (χ0) is 11.0. The molecule has 82 valence electrons. The van der Waals surface area contributed by atoms with Gasteiger partial charge in [0, 0.05) is 22.7 Å². The Balaban J connectivity index is 2.04. The van der Waals surface area contributed by atoms with Crippen molar-refractivity contribution in [3.63, 3.8) is 0 Å². The van der Waals surface area contributed by atoms with Crippen molar-refractivity contribution < 1.29 is 4.79 Å². The summed E-state index contributed by atoms with van der Waals surface area (Å²) >= 11 is 1.66. The lowest BCUT2D eigenvalue weighted by Gasteiger charge is -2.07. The van der Waals surface area contributed by atoms with Gasteiger partial charge in [0.15, 0.2) is 5.78 Å². The maximum absolute atomic E-state index is 12.3. The molecule has 3 heteroatoms. The number of benzene rings is 1. The molecule has 2 heterocycles. The van der Waals surface area contributed by atoms with Crippen LogP contribution in [0.25, 0.3) is 10.1 Å². The maximum atomic E-state index is 12.3. The number of carbonyl (C=O) groups is 1. The van der Waals surface area contributed by atoms with Gasteiger partial charge in [-0.3, -0.25) is 4.79 Å². The Morgan fingerprint density at radius 2 is 2.31 bits per heavy atom. The Kier molecular flexibility index (Phi) is 2.50. The molecule has 1 aromatic heterocycles. The van der Waals surface area contributed by atoms with E-state index < -0.39 is 0 Å².